The van der Waals surface area contributed by atoms with Gasteiger partial charge in [-0.05, 0) is 19.3 Å². The molecule has 0 spiro atoms. The van der Waals surface area contributed by atoms with E-state index in [1.54, 1.807) is 0 Å². The predicted molar refractivity (Wildman–Crippen MR) is 52.1 cm³/mol. The summed E-state index contributed by atoms with van der Waals surface area (Å²) in [4.78, 5) is 13.5. The third kappa shape index (κ3) is 3.74. The Kier molecular flexibility index (Phi) is 4.18. The first-order chi connectivity index (χ1) is 6.20. The van der Waals surface area contributed by atoms with E-state index in [9.17, 15) is 4.79 Å². The van der Waals surface area contributed by atoms with Gasteiger partial charge in [0.25, 0.3) is 0 Å². The molecule has 1 rings (SSSR count). The highest BCUT2D eigenvalue weighted by Gasteiger charge is 2.15. The maximum Gasteiger partial charge on any atom is 0.237 e. The molecule has 0 bridgehead atoms. The molecule has 0 aromatic heterocycles. The lowest BCUT2D eigenvalue weighted by Crippen LogP contribution is -2.44. The lowest BCUT2D eigenvalue weighted by Gasteiger charge is -2.27. The van der Waals surface area contributed by atoms with Gasteiger partial charge >= 0.3 is 0 Å². The van der Waals surface area contributed by atoms with Gasteiger partial charge in [-0.3, -0.25) is 9.80 Å². The second-order valence-electron chi connectivity index (χ2n) is 3.67. The van der Waals surface area contributed by atoms with Gasteiger partial charge in [0.2, 0.25) is 5.91 Å². The van der Waals surface area contributed by atoms with Crippen molar-refractivity contribution in [1.29, 1.82) is 0 Å². The van der Waals surface area contributed by atoms with Crippen LogP contribution in [0.5, 0.6) is 0 Å². The van der Waals surface area contributed by atoms with E-state index >= 15 is 0 Å². The minimum absolute atomic E-state index is 0.216. The average molecular weight is 185 g/mol. The van der Waals surface area contributed by atoms with Crippen molar-refractivity contribution in [3.8, 4) is 0 Å². The van der Waals surface area contributed by atoms with Gasteiger partial charge in [-0.15, -0.1) is 0 Å². The van der Waals surface area contributed by atoms with E-state index in [2.05, 4.69) is 5.43 Å². The van der Waals surface area contributed by atoms with Crippen molar-refractivity contribution >= 4 is 5.91 Å². The van der Waals surface area contributed by atoms with Crippen LogP contribution in [0.1, 0.15) is 19.3 Å². The molecule has 0 aromatic carbocycles. The van der Waals surface area contributed by atoms with Crippen molar-refractivity contribution in [2.75, 3.05) is 33.7 Å². The summed E-state index contributed by atoms with van der Waals surface area (Å²) in [6.07, 6.45) is 3.59. The molecule has 1 amide bonds. The summed E-state index contributed by atoms with van der Waals surface area (Å²) in [5, 5.41) is 1.81. The van der Waals surface area contributed by atoms with Gasteiger partial charge in [0.1, 0.15) is 0 Å². The van der Waals surface area contributed by atoms with Crippen LogP contribution < -0.4 is 5.43 Å². The Hall–Kier alpha value is -0.610. The predicted octanol–water partition coefficient (Wildman–Crippen LogP) is 0.0651. The third-order valence-electron chi connectivity index (χ3n) is 2.26. The van der Waals surface area contributed by atoms with Crippen molar-refractivity contribution in [2.24, 2.45) is 0 Å². The number of carbonyl (C=O) groups is 1. The largest absolute Gasteiger partial charge is 0.342 e. The number of nitrogens with zero attached hydrogens (tertiary/aromatic N) is 2. The summed E-state index contributed by atoms with van der Waals surface area (Å²) < 4.78 is 0. The summed E-state index contributed by atoms with van der Waals surface area (Å²) in [6, 6.07) is 0. The maximum absolute atomic E-state index is 11.5. The third-order valence-corrected chi connectivity index (χ3v) is 2.26. The molecule has 1 N–H and O–H groups in total. The van der Waals surface area contributed by atoms with Gasteiger partial charge in [0, 0.05) is 27.2 Å². The summed E-state index contributed by atoms with van der Waals surface area (Å²) in [5.41, 5.74) is 2.98. The van der Waals surface area contributed by atoms with Crippen molar-refractivity contribution in [2.45, 2.75) is 19.3 Å². The Morgan fingerprint density at radius 1 is 1.31 bits per heavy atom. The Morgan fingerprint density at radius 3 is 2.46 bits per heavy atom. The van der Waals surface area contributed by atoms with Crippen LogP contribution in [0, 0.1) is 0 Å². The highest BCUT2D eigenvalue weighted by molar-refractivity contribution is 5.78. The van der Waals surface area contributed by atoms with Crippen LogP contribution in [0.4, 0.5) is 0 Å². The highest BCUT2D eigenvalue weighted by atomic mass is 16.2. The second-order valence-corrected chi connectivity index (χ2v) is 3.67. The SMILES string of the molecule is CN(C)NCC(=O)N1CCCCC1. The van der Waals surface area contributed by atoms with Crippen LogP contribution in [0.15, 0.2) is 0 Å². The fourth-order valence-corrected chi connectivity index (χ4v) is 1.48. The molecule has 1 saturated heterocycles. The topological polar surface area (TPSA) is 35.6 Å². The smallest absolute Gasteiger partial charge is 0.237 e. The molecule has 1 aliphatic rings. The number of piperidine rings is 1. The number of amides is 1. The second kappa shape index (κ2) is 5.19. The van der Waals surface area contributed by atoms with Crippen molar-refractivity contribution in [1.82, 2.24) is 15.3 Å². The number of carbonyl (C=O) groups excluding carboxylic acids is 1. The fraction of sp³-hybridized carbons (Fsp3) is 0.889. The normalized spacial score (nSPS) is 17.9. The summed E-state index contributed by atoms with van der Waals surface area (Å²) in [6.45, 7) is 2.30. The van der Waals surface area contributed by atoms with E-state index in [-0.39, 0.29) is 5.91 Å². The molecule has 0 aliphatic carbocycles. The zero-order valence-electron chi connectivity index (χ0n) is 8.55. The molecule has 13 heavy (non-hydrogen) atoms. The van der Waals surface area contributed by atoms with Crippen molar-refractivity contribution in [3.05, 3.63) is 0 Å². The first-order valence-corrected chi connectivity index (χ1v) is 4.89. The number of rotatable bonds is 3. The molecule has 0 unspecified atom stereocenters. The standard InChI is InChI=1S/C9H19N3O/c1-11(2)10-8-9(13)12-6-4-3-5-7-12/h10H,3-8H2,1-2H3. The molecule has 76 valence electrons. The van der Waals surface area contributed by atoms with Crippen LogP contribution >= 0.6 is 0 Å². The van der Waals surface area contributed by atoms with E-state index < -0.39 is 0 Å². The molecule has 1 fully saturated rings. The van der Waals surface area contributed by atoms with E-state index in [0.717, 1.165) is 25.9 Å². The van der Waals surface area contributed by atoms with Gasteiger partial charge < -0.3 is 4.90 Å². The molecule has 4 heteroatoms. The highest BCUT2D eigenvalue weighted by Crippen LogP contribution is 2.07. The first kappa shape index (κ1) is 10.5. The minimum atomic E-state index is 0.216. The Balaban J connectivity index is 2.21. The molecule has 1 aliphatic heterocycles. The Morgan fingerprint density at radius 2 is 1.92 bits per heavy atom. The summed E-state index contributed by atoms with van der Waals surface area (Å²) in [5.74, 6) is 0.216. The van der Waals surface area contributed by atoms with Gasteiger partial charge in [-0.2, -0.15) is 0 Å². The molecule has 4 nitrogen and oxygen atoms in total. The lowest BCUT2D eigenvalue weighted by atomic mass is 10.1. The molecule has 0 radical (unpaired) electrons. The maximum atomic E-state index is 11.5. The molecule has 0 saturated carbocycles. The molecule has 0 atom stereocenters. The number of nitrogens with one attached hydrogen (secondary N) is 1. The van der Waals surface area contributed by atoms with Gasteiger partial charge in [-0.25, -0.2) is 5.43 Å². The van der Waals surface area contributed by atoms with Crippen LogP contribution in [0.2, 0.25) is 0 Å². The van der Waals surface area contributed by atoms with E-state index in [1.807, 2.05) is 24.0 Å². The molecular formula is C9H19N3O. The van der Waals surface area contributed by atoms with Crippen LogP contribution in [0.25, 0.3) is 0 Å². The monoisotopic (exact) mass is 185 g/mol. The van der Waals surface area contributed by atoms with Crippen molar-refractivity contribution in [3.63, 3.8) is 0 Å². The fourth-order valence-electron chi connectivity index (χ4n) is 1.48. The molecule has 0 aromatic rings. The first-order valence-electron chi connectivity index (χ1n) is 4.89. The zero-order chi connectivity index (χ0) is 9.68. The summed E-state index contributed by atoms with van der Waals surface area (Å²) >= 11 is 0. The zero-order valence-corrected chi connectivity index (χ0v) is 8.55. The van der Waals surface area contributed by atoms with Crippen LogP contribution in [-0.2, 0) is 4.79 Å². The quantitative estimate of drug-likeness (QED) is 0.632. The number of hydrogen-bond acceptors (Lipinski definition) is 3. The van der Waals surface area contributed by atoms with E-state index in [4.69, 9.17) is 0 Å². The van der Waals surface area contributed by atoms with Gasteiger partial charge in [-0.1, -0.05) is 0 Å². The van der Waals surface area contributed by atoms with Crippen molar-refractivity contribution < 1.29 is 4.79 Å². The number of hydrogen-bond donors (Lipinski definition) is 1. The van der Waals surface area contributed by atoms with E-state index in [1.165, 1.54) is 6.42 Å². The molecular weight excluding hydrogens is 166 g/mol. The number of likely N-dealkylation sites (tertiary alicyclic amines) is 1. The van der Waals surface area contributed by atoms with Crippen LogP contribution in [-0.4, -0.2) is 49.5 Å². The van der Waals surface area contributed by atoms with Crippen LogP contribution in [0.3, 0.4) is 0 Å². The lowest BCUT2D eigenvalue weighted by molar-refractivity contribution is -0.131. The Labute approximate surface area is 79.9 Å². The molecule has 1 heterocycles. The Bertz CT molecular complexity index is 164. The van der Waals surface area contributed by atoms with Gasteiger partial charge in [0.15, 0.2) is 0 Å². The van der Waals surface area contributed by atoms with E-state index in [0.29, 0.717) is 6.54 Å². The number of hydrazine groups is 1. The van der Waals surface area contributed by atoms with Gasteiger partial charge in [0.05, 0.1) is 6.54 Å². The summed E-state index contributed by atoms with van der Waals surface area (Å²) in [7, 11) is 3.78. The minimum Gasteiger partial charge on any atom is -0.342 e. The average Bonchev–Trinajstić information content (AvgIpc) is 2.15.